The van der Waals surface area contributed by atoms with Crippen molar-refractivity contribution in [3.63, 3.8) is 0 Å². The maximum atomic E-state index is 12.5. The average Bonchev–Trinajstić information content (AvgIpc) is 3.57. The van der Waals surface area contributed by atoms with Gasteiger partial charge in [-0.05, 0) is 24.5 Å². The Balaban J connectivity index is 1.51. The van der Waals surface area contributed by atoms with Gasteiger partial charge >= 0.3 is 0 Å². The molecule has 4 aromatic rings. The third-order valence-electron chi connectivity index (χ3n) is 7.39. The lowest BCUT2D eigenvalue weighted by Crippen LogP contribution is -2.42. The van der Waals surface area contributed by atoms with Crippen LogP contribution in [-0.2, 0) is 26.1 Å². The quantitative estimate of drug-likeness (QED) is 0.147. The van der Waals surface area contributed by atoms with Crippen LogP contribution in [0.25, 0.3) is 11.2 Å². The van der Waals surface area contributed by atoms with Crippen LogP contribution in [0.4, 0.5) is 5.82 Å². The van der Waals surface area contributed by atoms with Crippen molar-refractivity contribution in [1.82, 2.24) is 29.6 Å². The molecule has 0 saturated carbocycles. The van der Waals surface area contributed by atoms with Crippen molar-refractivity contribution in [2.24, 2.45) is 0 Å². The fourth-order valence-corrected chi connectivity index (χ4v) is 6.27. The van der Waals surface area contributed by atoms with Gasteiger partial charge in [-0.15, -0.1) is 0 Å². The van der Waals surface area contributed by atoms with Gasteiger partial charge < -0.3 is 25.6 Å². The van der Waals surface area contributed by atoms with Gasteiger partial charge in [-0.2, -0.15) is 0 Å². The van der Waals surface area contributed by atoms with Crippen molar-refractivity contribution in [3.05, 3.63) is 83.9 Å². The minimum atomic E-state index is -3.56. The molecule has 14 heteroatoms. The van der Waals surface area contributed by atoms with E-state index in [0.717, 1.165) is 11.1 Å². The van der Waals surface area contributed by atoms with Crippen LogP contribution < -0.4 is 15.4 Å². The van der Waals surface area contributed by atoms with E-state index in [9.17, 15) is 23.4 Å². The number of likely N-dealkylation sites (N-methyl/N-ethyl adjacent to an activating group) is 1. The first kappa shape index (κ1) is 31.5. The number of aromatic nitrogens is 4. The van der Waals surface area contributed by atoms with E-state index in [4.69, 9.17) is 4.74 Å². The number of aliphatic hydroxyl groups is 2. The molecule has 4 atom stereocenters. The molecule has 2 aromatic heterocycles. The van der Waals surface area contributed by atoms with Gasteiger partial charge in [-0.1, -0.05) is 67.6 Å². The first-order chi connectivity index (χ1) is 21.2. The lowest BCUT2D eigenvalue weighted by atomic mass is 9.91. The number of benzene rings is 2. The molecular weight excluding hydrogens is 586 g/mol. The van der Waals surface area contributed by atoms with Crippen molar-refractivity contribution in [2.75, 3.05) is 24.2 Å². The number of hydrogen-bond donors (Lipinski definition) is 5. The summed E-state index contributed by atoms with van der Waals surface area (Å²) >= 11 is 0. The maximum Gasteiger partial charge on any atom is 0.252 e. The second-order valence-electron chi connectivity index (χ2n) is 10.5. The molecule has 0 spiro atoms. The van der Waals surface area contributed by atoms with Crippen LogP contribution in [0.1, 0.15) is 49.4 Å². The predicted molar refractivity (Wildman–Crippen MR) is 164 cm³/mol. The van der Waals surface area contributed by atoms with Crippen LogP contribution in [0, 0.1) is 0 Å². The lowest BCUT2D eigenvalue weighted by Gasteiger charge is -2.20. The normalized spacial score (nSPS) is 20.3. The Bertz CT molecular complexity index is 1630. The van der Waals surface area contributed by atoms with E-state index >= 15 is 0 Å². The molecule has 1 aliphatic heterocycles. The predicted octanol–water partition coefficient (Wildman–Crippen LogP) is 1.65. The molecule has 1 amide bonds. The molecule has 44 heavy (non-hydrogen) atoms. The Morgan fingerprint density at radius 2 is 1.66 bits per heavy atom. The number of anilines is 1. The number of imidazole rings is 1. The Morgan fingerprint density at radius 1 is 1.00 bits per heavy atom. The van der Waals surface area contributed by atoms with Gasteiger partial charge in [0.25, 0.3) is 5.91 Å². The number of amides is 1. The number of rotatable bonds is 13. The van der Waals surface area contributed by atoms with Gasteiger partial charge in [0.2, 0.25) is 10.0 Å². The molecule has 5 rings (SSSR count). The SMILES string of the molecule is CCCS(=O)(=O)NCc1nc(NCC(c2ccccc2)c2ccccc2)c2ncn(C3O[C@H](C(=O)NCC)[C@@H](O)[C@H]3O)c2n1. The van der Waals surface area contributed by atoms with E-state index in [1.807, 2.05) is 60.7 Å². The van der Waals surface area contributed by atoms with Crippen LogP contribution in [0.3, 0.4) is 0 Å². The highest BCUT2D eigenvalue weighted by atomic mass is 32.2. The number of carbonyl (C=O) groups excluding carboxylic acids is 1. The van der Waals surface area contributed by atoms with E-state index < -0.39 is 40.5 Å². The second kappa shape index (κ2) is 13.8. The number of nitrogens with one attached hydrogen (secondary N) is 3. The van der Waals surface area contributed by atoms with Crippen LogP contribution >= 0.6 is 0 Å². The number of nitrogens with zero attached hydrogens (tertiary/aromatic N) is 4. The summed E-state index contributed by atoms with van der Waals surface area (Å²) < 4.78 is 34.6. The second-order valence-corrected chi connectivity index (χ2v) is 12.5. The van der Waals surface area contributed by atoms with Gasteiger partial charge in [0, 0.05) is 19.0 Å². The van der Waals surface area contributed by atoms with Gasteiger partial charge in [0.15, 0.2) is 29.3 Å². The molecular formula is C30H37N7O6S. The molecule has 3 heterocycles. The maximum absolute atomic E-state index is 12.5. The van der Waals surface area contributed by atoms with Crippen molar-refractivity contribution < 1.29 is 28.2 Å². The molecule has 2 aromatic carbocycles. The van der Waals surface area contributed by atoms with Crippen molar-refractivity contribution in [2.45, 2.75) is 57.3 Å². The standard InChI is InChI=1S/C30H37N7O6S/c1-3-15-44(41,42)34-17-22-35-27(32-16-21(19-11-7-5-8-12-19)20-13-9-6-10-14-20)23-28(36-22)37(18-33-23)30-25(39)24(38)26(43-30)29(40)31-4-2/h5-14,18,21,24-26,30,34,38-39H,3-4,15-17H2,1-2H3,(H,31,40)(H,32,35,36)/t24-,25+,26-,30?/m0/s1. The minimum absolute atomic E-state index is 0.0463. The van der Waals surface area contributed by atoms with E-state index in [-0.39, 0.29) is 29.7 Å². The highest BCUT2D eigenvalue weighted by molar-refractivity contribution is 7.89. The molecule has 234 valence electrons. The van der Waals surface area contributed by atoms with Gasteiger partial charge in [-0.3, -0.25) is 9.36 Å². The Morgan fingerprint density at radius 3 is 2.27 bits per heavy atom. The van der Waals surface area contributed by atoms with Gasteiger partial charge in [0.05, 0.1) is 18.6 Å². The fraction of sp³-hybridized carbons (Fsp3) is 0.400. The third kappa shape index (κ3) is 6.89. The zero-order chi connectivity index (χ0) is 31.3. The molecule has 0 radical (unpaired) electrons. The average molecular weight is 624 g/mol. The Kier molecular flexibility index (Phi) is 9.86. The zero-order valence-electron chi connectivity index (χ0n) is 24.5. The summed E-state index contributed by atoms with van der Waals surface area (Å²) in [4.78, 5) is 26.2. The first-order valence-corrected chi connectivity index (χ1v) is 16.2. The van der Waals surface area contributed by atoms with Crippen LogP contribution in [0.15, 0.2) is 67.0 Å². The highest BCUT2D eigenvalue weighted by Gasteiger charge is 2.47. The monoisotopic (exact) mass is 623 g/mol. The minimum Gasteiger partial charge on any atom is -0.387 e. The van der Waals surface area contributed by atoms with Crippen LogP contribution in [0.5, 0.6) is 0 Å². The summed E-state index contributed by atoms with van der Waals surface area (Å²) in [5.74, 6) is -0.143. The number of fused-ring (bicyclic) bond motifs is 1. The van der Waals surface area contributed by atoms with Crippen molar-refractivity contribution >= 4 is 32.9 Å². The highest BCUT2D eigenvalue weighted by Crippen LogP contribution is 2.33. The fourth-order valence-electron chi connectivity index (χ4n) is 5.24. The summed E-state index contributed by atoms with van der Waals surface area (Å²) in [6.45, 7) is 4.07. The van der Waals surface area contributed by atoms with Crippen molar-refractivity contribution in [3.8, 4) is 0 Å². The summed E-state index contributed by atoms with van der Waals surface area (Å²) in [6.07, 6.45) is -3.59. The van der Waals surface area contributed by atoms with E-state index in [1.165, 1.54) is 10.9 Å². The largest absolute Gasteiger partial charge is 0.387 e. The van der Waals surface area contributed by atoms with Crippen LogP contribution in [-0.4, -0.2) is 81.2 Å². The summed E-state index contributed by atoms with van der Waals surface area (Å²) in [6, 6.07) is 20.0. The summed E-state index contributed by atoms with van der Waals surface area (Å²) in [5.41, 5.74) is 2.75. The molecule has 0 bridgehead atoms. The number of hydrogen-bond acceptors (Lipinski definition) is 10. The third-order valence-corrected chi connectivity index (χ3v) is 8.92. The molecule has 13 nitrogen and oxygen atoms in total. The Labute approximate surface area is 255 Å². The molecule has 1 saturated heterocycles. The molecule has 1 unspecified atom stereocenters. The number of ether oxygens (including phenoxy) is 1. The van der Waals surface area contributed by atoms with Crippen LogP contribution in [0.2, 0.25) is 0 Å². The van der Waals surface area contributed by atoms with E-state index in [0.29, 0.717) is 30.8 Å². The number of aliphatic hydroxyl groups excluding tert-OH is 2. The number of sulfonamides is 1. The van der Waals surface area contributed by atoms with Gasteiger partial charge in [-0.25, -0.2) is 28.1 Å². The summed E-state index contributed by atoms with van der Waals surface area (Å²) in [7, 11) is -3.56. The topological polar surface area (TPSA) is 181 Å². The van der Waals surface area contributed by atoms with E-state index in [2.05, 4.69) is 30.3 Å². The number of carbonyl (C=O) groups is 1. The Hall–Kier alpha value is -3.95. The molecule has 0 aliphatic carbocycles. The first-order valence-electron chi connectivity index (χ1n) is 14.6. The van der Waals surface area contributed by atoms with Gasteiger partial charge in [0.1, 0.15) is 18.0 Å². The molecule has 1 fully saturated rings. The lowest BCUT2D eigenvalue weighted by molar-refractivity contribution is -0.137. The zero-order valence-corrected chi connectivity index (χ0v) is 25.3. The summed E-state index contributed by atoms with van der Waals surface area (Å²) in [5, 5.41) is 27.4. The van der Waals surface area contributed by atoms with E-state index in [1.54, 1.807) is 13.8 Å². The smallest absolute Gasteiger partial charge is 0.252 e. The van der Waals surface area contributed by atoms with Crippen molar-refractivity contribution in [1.29, 1.82) is 0 Å². The molecule has 1 aliphatic rings. The molecule has 5 N–H and O–H groups in total.